The third-order valence-corrected chi connectivity index (χ3v) is 5.04. The molecule has 0 unspecified atom stereocenters. The number of hydrogen-bond acceptors (Lipinski definition) is 5. The van der Waals surface area contributed by atoms with Crippen LogP contribution in [0.15, 0.2) is 73.2 Å². The van der Waals surface area contributed by atoms with E-state index in [1.165, 1.54) is 6.08 Å². The van der Waals surface area contributed by atoms with Gasteiger partial charge in [-0.25, -0.2) is 0 Å². The molecule has 31 heavy (non-hydrogen) atoms. The topological polar surface area (TPSA) is 113 Å². The van der Waals surface area contributed by atoms with Crippen molar-refractivity contribution < 1.29 is 9.59 Å². The van der Waals surface area contributed by atoms with E-state index in [-0.39, 0.29) is 0 Å². The molecule has 1 amide bonds. The van der Waals surface area contributed by atoms with Crippen molar-refractivity contribution >= 4 is 35.0 Å². The van der Waals surface area contributed by atoms with E-state index in [1.807, 2.05) is 42.5 Å². The van der Waals surface area contributed by atoms with Gasteiger partial charge < -0.3 is 21.4 Å². The summed E-state index contributed by atoms with van der Waals surface area (Å²) >= 11 is 0. The zero-order chi connectivity index (χ0) is 21.6. The summed E-state index contributed by atoms with van der Waals surface area (Å²) in [5, 5.41) is 6.79. The average Bonchev–Trinajstić information content (AvgIpc) is 3.26. The summed E-state index contributed by atoms with van der Waals surface area (Å²) in [6.45, 7) is 0.347. The van der Waals surface area contributed by atoms with E-state index in [1.54, 1.807) is 18.6 Å². The van der Waals surface area contributed by atoms with E-state index in [0.29, 0.717) is 24.9 Å². The van der Waals surface area contributed by atoms with Crippen LogP contribution < -0.4 is 16.4 Å². The van der Waals surface area contributed by atoms with E-state index < -0.39 is 0 Å². The number of aromatic amines is 1. The monoisotopic (exact) mass is 411 g/mol. The molecule has 0 aliphatic rings. The summed E-state index contributed by atoms with van der Waals surface area (Å²) < 4.78 is 0. The summed E-state index contributed by atoms with van der Waals surface area (Å²) in [6, 6.07) is 15.7. The number of carbonyl (C=O) groups is 2. The number of amides is 1. The minimum atomic E-state index is 0.347. The van der Waals surface area contributed by atoms with Gasteiger partial charge >= 0.3 is 0 Å². The van der Waals surface area contributed by atoms with Crippen LogP contribution >= 0.6 is 0 Å². The third-order valence-electron chi connectivity index (χ3n) is 5.04. The van der Waals surface area contributed by atoms with Crippen LogP contribution in [0.25, 0.3) is 33.3 Å². The maximum Gasteiger partial charge on any atom is 0.211 e. The number of fused-ring (bicyclic) bond motifs is 1. The fourth-order valence-corrected chi connectivity index (χ4v) is 3.62. The second kappa shape index (κ2) is 9.06. The smallest absolute Gasteiger partial charge is 0.211 e. The Morgan fingerprint density at radius 3 is 2.52 bits per heavy atom. The average molecular weight is 411 g/mol. The van der Waals surface area contributed by atoms with Gasteiger partial charge in [-0.15, -0.1) is 0 Å². The van der Waals surface area contributed by atoms with E-state index in [4.69, 9.17) is 5.73 Å². The Morgan fingerprint density at radius 1 is 0.968 bits per heavy atom. The Labute approximate surface area is 179 Å². The highest BCUT2D eigenvalue weighted by atomic mass is 16.1. The minimum Gasteiger partial charge on any atom is -0.362 e. The van der Waals surface area contributed by atoms with Crippen molar-refractivity contribution in [3.05, 3.63) is 78.8 Å². The van der Waals surface area contributed by atoms with Crippen LogP contribution in [0, 0.1) is 0 Å². The predicted molar refractivity (Wildman–Crippen MR) is 123 cm³/mol. The number of hydrogen-bond donors (Lipinski definition) is 4. The zero-order valence-electron chi connectivity index (χ0n) is 16.6. The van der Waals surface area contributed by atoms with Gasteiger partial charge in [-0.2, -0.15) is 0 Å². The number of H-pyrrole nitrogens is 1. The Balaban J connectivity index is 1.86. The largest absolute Gasteiger partial charge is 0.362 e. The van der Waals surface area contributed by atoms with Gasteiger partial charge in [0.05, 0.1) is 11.2 Å². The SMILES string of the molecule is NCc1cc(NC=CC=O)ccc1-c1ccc(NC=O)c2[nH]c(-c3ccncc3)cc12. The third kappa shape index (κ3) is 4.08. The zero-order valence-corrected chi connectivity index (χ0v) is 16.6. The van der Waals surface area contributed by atoms with Crippen molar-refractivity contribution in [3.8, 4) is 22.4 Å². The molecule has 0 spiro atoms. The lowest BCUT2D eigenvalue weighted by molar-refractivity contribution is -0.105. The van der Waals surface area contributed by atoms with Crippen LogP contribution in [0.3, 0.4) is 0 Å². The molecule has 2 heterocycles. The number of allylic oxidation sites excluding steroid dienone is 1. The number of anilines is 2. The van der Waals surface area contributed by atoms with E-state index in [2.05, 4.69) is 26.7 Å². The Bertz CT molecular complexity index is 1260. The predicted octanol–water partition coefficient (Wildman–Crippen LogP) is 4.05. The Kier molecular flexibility index (Phi) is 5.86. The molecule has 7 heteroatoms. The maximum atomic E-state index is 11.1. The van der Waals surface area contributed by atoms with Gasteiger partial charge in [-0.3, -0.25) is 14.6 Å². The lowest BCUT2D eigenvalue weighted by Gasteiger charge is -2.13. The molecular formula is C24H21N5O2. The first kappa shape index (κ1) is 20.1. The number of pyridine rings is 1. The molecule has 0 aliphatic carbocycles. The van der Waals surface area contributed by atoms with Crippen LogP contribution in [-0.2, 0) is 16.1 Å². The molecule has 0 atom stereocenters. The maximum absolute atomic E-state index is 11.1. The van der Waals surface area contributed by atoms with Crippen LogP contribution in [-0.4, -0.2) is 22.7 Å². The molecule has 0 aliphatic heterocycles. The minimum absolute atomic E-state index is 0.347. The van der Waals surface area contributed by atoms with Gasteiger partial charge in [-0.1, -0.05) is 12.1 Å². The van der Waals surface area contributed by atoms with Crippen molar-refractivity contribution in [2.75, 3.05) is 10.6 Å². The van der Waals surface area contributed by atoms with Crippen molar-refractivity contribution in [1.29, 1.82) is 0 Å². The van der Waals surface area contributed by atoms with E-state index in [0.717, 1.165) is 44.5 Å². The first-order valence-electron chi connectivity index (χ1n) is 9.71. The van der Waals surface area contributed by atoms with Gasteiger partial charge in [0.1, 0.15) is 6.29 Å². The number of rotatable bonds is 8. The molecule has 0 fully saturated rings. The first-order valence-corrected chi connectivity index (χ1v) is 9.71. The Hall–Kier alpha value is -4.23. The summed E-state index contributed by atoms with van der Waals surface area (Å²) in [4.78, 5) is 29.1. The molecule has 4 rings (SSSR count). The molecule has 2 aromatic carbocycles. The molecule has 5 N–H and O–H groups in total. The second-order valence-electron chi connectivity index (χ2n) is 6.85. The van der Waals surface area contributed by atoms with Crippen molar-refractivity contribution in [3.63, 3.8) is 0 Å². The fraction of sp³-hybridized carbons (Fsp3) is 0.0417. The van der Waals surface area contributed by atoms with Crippen molar-refractivity contribution in [2.45, 2.75) is 6.54 Å². The van der Waals surface area contributed by atoms with Gasteiger partial charge in [0.15, 0.2) is 0 Å². The lowest BCUT2D eigenvalue weighted by atomic mass is 9.95. The summed E-state index contributed by atoms with van der Waals surface area (Å²) in [7, 11) is 0. The number of aldehydes is 1. The molecule has 7 nitrogen and oxygen atoms in total. The standard InChI is InChI=1S/C24H21N5O2/c25-14-17-12-18(27-8-1-11-30)2-3-19(17)20-4-5-22(28-15-31)24-21(20)13-23(29-24)16-6-9-26-10-7-16/h1-13,15,27,29H,14,25H2,(H,28,31). The molecule has 0 saturated carbocycles. The van der Waals surface area contributed by atoms with Crippen LogP contribution in [0.2, 0.25) is 0 Å². The Morgan fingerprint density at radius 2 is 1.77 bits per heavy atom. The van der Waals surface area contributed by atoms with E-state index in [9.17, 15) is 9.59 Å². The van der Waals surface area contributed by atoms with Crippen LogP contribution in [0.5, 0.6) is 0 Å². The molecule has 0 saturated heterocycles. The van der Waals surface area contributed by atoms with Crippen LogP contribution in [0.4, 0.5) is 11.4 Å². The number of nitrogens with two attached hydrogens (primary N) is 1. The van der Waals surface area contributed by atoms with Gasteiger partial charge in [0.25, 0.3) is 0 Å². The second-order valence-corrected chi connectivity index (χ2v) is 6.85. The van der Waals surface area contributed by atoms with Gasteiger partial charge in [0.2, 0.25) is 6.41 Å². The molecule has 0 bridgehead atoms. The number of nitrogens with one attached hydrogen (secondary N) is 3. The number of benzene rings is 2. The summed E-state index contributed by atoms with van der Waals surface area (Å²) in [5.74, 6) is 0. The lowest BCUT2D eigenvalue weighted by Crippen LogP contribution is -2.01. The molecular weight excluding hydrogens is 390 g/mol. The van der Waals surface area contributed by atoms with Crippen LogP contribution in [0.1, 0.15) is 5.56 Å². The van der Waals surface area contributed by atoms with Gasteiger partial charge in [0, 0.05) is 47.5 Å². The first-order chi connectivity index (χ1) is 15.2. The normalized spacial score (nSPS) is 11.0. The van der Waals surface area contributed by atoms with Crippen molar-refractivity contribution in [2.24, 2.45) is 5.73 Å². The molecule has 4 aromatic rings. The fourth-order valence-electron chi connectivity index (χ4n) is 3.62. The number of carbonyl (C=O) groups excluding carboxylic acids is 2. The quantitative estimate of drug-likeness (QED) is 0.258. The number of aromatic nitrogens is 2. The van der Waals surface area contributed by atoms with E-state index >= 15 is 0 Å². The highest BCUT2D eigenvalue weighted by Crippen LogP contribution is 2.38. The highest BCUT2D eigenvalue weighted by Gasteiger charge is 2.15. The highest BCUT2D eigenvalue weighted by molar-refractivity contribution is 6.06. The van der Waals surface area contributed by atoms with Crippen molar-refractivity contribution in [1.82, 2.24) is 9.97 Å². The number of nitrogens with zero attached hydrogens (tertiary/aromatic N) is 1. The summed E-state index contributed by atoms with van der Waals surface area (Å²) in [5.41, 5.74) is 13.3. The molecule has 2 aromatic heterocycles. The molecule has 0 radical (unpaired) electrons. The molecule has 154 valence electrons. The summed E-state index contributed by atoms with van der Waals surface area (Å²) in [6.07, 6.45) is 7.82. The van der Waals surface area contributed by atoms with Gasteiger partial charge in [-0.05, 0) is 59.2 Å².